The van der Waals surface area contributed by atoms with Crippen LogP contribution in [0.5, 0.6) is 0 Å². The Morgan fingerprint density at radius 3 is 2.53 bits per heavy atom. The van der Waals surface area contributed by atoms with Gasteiger partial charge in [0.1, 0.15) is 0 Å². The maximum atomic E-state index is 5.84. The van der Waals surface area contributed by atoms with Crippen molar-refractivity contribution < 1.29 is 0 Å². The molecule has 0 amide bonds. The van der Waals surface area contributed by atoms with Crippen molar-refractivity contribution in [2.75, 3.05) is 0 Å². The lowest BCUT2D eigenvalue weighted by atomic mass is 10.1. The Balaban J connectivity index is 2.36. The Morgan fingerprint density at radius 2 is 2.00 bits per heavy atom. The van der Waals surface area contributed by atoms with Crippen LogP contribution in [0.15, 0.2) is 36.7 Å². The number of aromatic nitrogens is 2. The minimum atomic E-state index is 0.223. The summed E-state index contributed by atoms with van der Waals surface area (Å²) in [6.45, 7) is 2.10. The van der Waals surface area contributed by atoms with E-state index in [0.717, 1.165) is 9.79 Å². The standard InChI is InChI=1S/C11H11ClN2S/c1-8(14-7-6-13-11(14)15)9-2-4-10(12)5-3-9/h2-8H,1H3,(H,13,15). The van der Waals surface area contributed by atoms with Crippen molar-refractivity contribution in [1.29, 1.82) is 0 Å². The topological polar surface area (TPSA) is 20.7 Å². The van der Waals surface area contributed by atoms with Gasteiger partial charge in [-0.25, -0.2) is 0 Å². The zero-order valence-electron chi connectivity index (χ0n) is 8.27. The van der Waals surface area contributed by atoms with Crippen molar-refractivity contribution in [3.8, 4) is 0 Å². The molecule has 0 spiro atoms. The molecule has 1 aromatic heterocycles. The maximum absolute atomic E-state index is 5.84. The van der Waals surface area contributed by atoms with Gasteiger partial charge < -0.3 is 9.55 Å². The summed E-state index contributed by atoms with van der Waals surface area (Å²) in [7, 11) is 0. The van der Waals surface area contributed by atoms with Crippen LogP contribution in [0.25, 0.3) is 0 Å². The van der Waals surface area contributed by atoms with E-state index in [1.807, 2.05) is 41.2 Å². The Kier molecular flexibility index (Phi) is 2.93. The van der Waals surface area contributed by atoms with Crippen LogP contribution in [0.3, 0.4) is 0 Å². The summed E-state index contributed by atoms with van der Waals surface area (Å²) in [4.78, 5) is 2.98. The highest BCUT2D eigenvalue weighted by Crippen LogP contribution is 2.19. The SMILES string of the molecule is CC(c1ccc(Cl)cc1)n1cc[nH]c1=S. The molecule has 2 aromatic rings. The predicted molar refractivity (Wildman–Crippen MR) is 64.9 cm³/mol. The fraction of sp³-hybridized carbons (Fsp3) is 0.182. The smallest absolute Gasteiger partial charge is 0.177 e. The molecule has 0 aliphatic heterocycles. The number of hydrogen-bond donors (Lipinski definition) is 1. The van der Waals surface area contributed by atoms with Crippen LogP contribution in [0.4, 0.5) is 0 Å². The Labute approximate surface area is 98.5 Å². The first-order valence-electron chi connectivity index (χ1n) is 4.69. The third-order valence-corrected chi connectivity index (χ3v) is 3.03. The monoisotopic (exact) mass is 238 g/mol. The van der Waals surface area contributed by atoms with E-state index < -0.39 is 0 Å². The molecule has 0 saturated carbocycles. The molecule has 1 aromatic carbocycles. The zero-order chi connectivity index (χ0) is 10.8. The van der Waals surface area contributed by atoms with E-state index in [1.165, 1.54) is 5.56 Å². The molecular formula is C11H11ClN2S. The summed E-state index contributed by atoms with van der Waals surface area (Å²) in [6, 6.07) is 8.04. The second kappa shape index (κ2) is 4.21. The first-order valence-corrected chi connectivity index (χ1v) is 5.48. The molecule has 4 heteroatoms. The van der Waals surface area contributed by atoms with Crippen molar-refractivity contribution in [1.82, 2.24) is 9.55 Å². The molecule has 0 aliphatic carbocycles. The first-order chi connectivity index (χ1) is 7.18. The zero-order valence-corrected chi connectivity index (χ0v) is 9.85. The summed E-state index contributed by atoms with van der Waals surface area (Å²) < 4.78 is 2.75. The van der Waals surface area contributed by atoms with Crippen LogP contribution in [-0.2, 0) is 0 Å². The molecule has 1 unspecified atom stereocenters. The number of halogens is 1. The molecule has 0 bridgehead atoms. The van der Waals surface area contributed by atoms with Crippen LogP contribution in [0.2, 0.25) is 5.02 Å². The average molecular weight is 239 g/mol. The Bertz CT molecular complexity index is 498. The number of nitrogens with zero attached hydrogens (tertiary/aromatic N) is 1. The van der Waals surface area contributed by atoms with E-state index >= 15 is 0 Å². The highest BCUT2D eigenvalue weighted by molar-refractivity contribution is 7.71. The van der Waals surface area contributed by atoms with E-state index in [1.54, 1.807) is 0 Å². The van der Waals surface area contributed by atoms with E-state index in [-0.39, 0.29) is 6.04 Å². The van der Waals surface area contributed by atoms with Crippen LogP contribution in [0, 0.1) is 4.77 Å². The van der Waals surface area contributed by atoms with Gasteiger partial charge in [0, 0.05) is 17.4 Å². The fourth-order valence-electron chi connectivity index (χ4n) is 1.54. The number of aromatic amines is 1. The van der Waals surface area contributed by atoms with Crippen molar-refractivity contribution >= 4 is 23.8 Å². The number of rotatable bonds is 2. The number of benzene rings is 1. The summed E-state index contributed by atoms with van der Waals surface area (Å²) >= 11 is 11.0. The molecule has 1 heterocycles. The van der Waals surface area contributed by atoms with Gasteiger partial charge in [0.25, 0.3) is 0 Å². The van der Waals surface area contributed by atoms with Gasteiger partial charge in [0.05, 0.1) is 6.04 Å². The lowest BCUT2D eigenvalue weighted by molar-refractivity contribution is 0.630. The van der Waals surface area contributed by atoms with Crippen molar-refractivity contribution in [3.05, 3.63) is 52.0 Å². The molecule has 2 nitrogen and oxygen atoms in total. The highest BCUT2D eigenvalue weighted by Gasteiger charge is 2.07. The summed E-state index contributed by atoms with van der Waals surface area (Å²) in [5.41, 5.74) is 1.19. The quantitative estimate of drug-likeness (QED) is 0.790. The van der Waals surface area contributed by atoms with Gasteiger partial charge in [-0.15, -0.1) is 0 Å². The van der Waals surface area contributed by atoms with Gasteiger partial charge in [0.15, 0.2) is 4.77 Å². The van der Waals surface area contributed by atoms with Crippen molar-refractivity contribution in [2.45, 2.75) is 13.0 Å². The molecular weight excluding hydrogens is 228 g/mol. The normalized spacial score (nSPS) is 12.7. The lowest BCUT2D eigenvalue weighted by Gasteiger charge is -2.13. The molecule has 0 radical (unpaired) electrons. The maximum Gasteiger partial charge on any atom is 0.177 e. The second-order valence-corrected chi connectivity index (χ2v) is 4.22. The third kappa shape index (κ3) is 2.13. The van der Waals surface area contributed by atoms with E-state index in [4.69, 9.17) is 23.8 Å². The van der Waals surface area contributed by atoms with Crippen LogP contribution in [-0.4, -0.2) is 9.55 Å². The van der Waals surface area contributed by atoms with Crippen LogP contribution >= 0.6 is 23.8 Å². The van der Waals surface area contributed by atoms with Gasteiger partial charge in [-0.05, 0) is 36.8 Å². The third-order valence-electron chi connectivity index (χ3n) is 2.45. The molecule has 2 rings (SSSR count). The second-order valence-electron chi connectivity index (χ2n) is 3.40. The molecule has 15 heavy (non-hydrogen) atoms. The number of H-pyrrole nitrogens is 1. The molecule has 1 N–H and O–H groups in total. The van der Waals surface area contributed by atoms with Crippen LogP contribution in [0.1, 0.15) is 18.5 Å². The average Bonchev–Trinajstić information content (AvgIpc) is 2.65. The minimum absolute atomic E-state index is 0.223. The van der Waals surface area contributed by atoms with E-state index in [0.29, 0.717) is 0 Å². The molecule has 0 saturated heterocycles. The highest BCUT2D eigenvalue weighted by atomic mass is 35.5. The number of nitrogens with one attached hydrogen (secondary N) is 1. The fourth-order valence-corrected chi connectivity index (χ4v) is 1.95. The molecule has 1 atom stereocenters. The van der Waals surface area contributed by atoms with Gasteiger partial charge in [0.2, 0.25) is 0 Å². The van der Waals surface area contributed by atoms with E-state index in [2.05, 4.69) is 11.9 Å². The molecule has 78 valence electrons. The largest absolute Gasteiger partial charge is 0.337 e. The minimum Gasteiger partial charge on any atom is -0.337 e. The van der Waals surface area contributed by atoms with Crippen molar-refractivity contribution in [2.24, 2.45) is 0 Å². The van der Waals surface area contributed by atoms with Gasteiger partial charge in [-0.2, -0.15) is 0 Å². The first kappa shape index (κ1) is 10.5. The Hall–Kier alpha value is -1.06. The van der Waals surface area contributed by atoms with Crippen LogP contribution < -0.4 is 0 Å². The van der Waals surface area contributed by atoms with E-state index in [9.17, 15) is 0 Å². The number of imidazole rings is 1. The van der Waals surface area contributed by atoms with Crippen molar-refractivity contribution in [3.63, 3.8) is 0 Å². The summed E-state index contributed by atoms with van der Waals surface area (Å²) in [5, 5.41) is 0.753. The van der Waals surface area contributed by atoms with Gasteiger partial charge in [-0.1, -0.05) is 23.7 Å². The Morgan fingerprint density at radius 1 is 1.33 bits per heavy atom. The lowest BCUT2D eigenvalue weighted by Crippen LogP contribution is -2.05. The molecule has 0 aliphatic rings. The predicted octanol–water partition coefficient (Wildman–Crippen LogP) is 3.81. The molecule has 0 fully saturated rings. The number of hydrogen-bond acceptors (Lipinski definition) is 1. The summed E-state index contributed by atoms with van der Waals surface area (Å²) in [6.07, 6.45) is 3.79. The van der Waals surface area contributed by atoms with Gasteiger partial charge in [-0.3, -0.25) is 0 Å². The van der Waals surface area contributed by atoms with Gasteiger partial charge >= 0.3 is 0 Å². The summed E-state index contributed by atoms with van der Waals surface area (Å²) in [5.74, 6) is 0.